The SMILES string of the molecule is C/C=C(\C=C(/C)C(=O)OC)c1ccc(NC(=O)c2cc(-c3ccc(N)cc3)cn2C)cc1. The number of rotatable bonds is 6. The number of amides is 1. The first kappa shape index (κ1) is 22.6. The monoisotopic (exact) mass is 429 g/mol. The molecule has 6 heteroatoms. The van der Waals surface area contributed by atoms with Crippen molar-refractivity contribution in [3.8, 4) is 11.1 Å². The molecule has 0 atom stereocenters. The summed E-state index contributed by atoms with van der Waals surface area (Å²) in [5.41, 5.74) is 12.0. The lowest BCUT2D eigenvalue weighted by Crippen LogP contribution is -2.15. The number of allylic oxidation sites excluding steroid dienone is 3. The average molecular weight is 430 g/mol. The second-order valence-corrected chi connectivity index (χ2v) is 7.44. The first-order chi connectivity index (χ1) is 15.3. The highest BCUT2D eigenvalue weighted by atomic mass is 16.5. The Morgan fingerprint density at radius 1 is 1.03 bits per heavy atom. The van der Waals surface area contributed by atoms with Gasteiger partial charge < -0.3 is 20.4 Å². The van der Waals surface area contributed by atoms with Crippen LogP contribution in [0, 0.1) is 0 Å². The van der Waals surface area contributed by atoms with E-state index in [0.29, 0.717) is 22.6 Å². The van der Waals surface area contributed by atoms with Gasteiger partial charge in [-0.1, -0.05) is 30.3 Å². The maximum Gasteiger partial charge on any atom is 0.333 e. The van der Waals surface area contributed by atoms with Gasteiger partial charge in [0.15, 0.2) is 0 Å². The van der Waals surface area contributed by atoms with Crippen LogP contribution in [-0.2, 0) is 16.6 Å². The van der Waals surface area contributed by atoms with Gasteiger partial charge in [-0.2, -0.15) is 0 Å². The fourth-order valence-electron chi connectivity index (χ4n) is 3.35. The van der Waals surface area contributed by atoms with E-state index in [4.69, 9.17) is 10.5 Å². The number of nitrogen functional groups attached to an aromatic ring is 1. The number of nitrogens with zero attached hydrogens (tertiary/aromatic N) is 1. The smallest absolute Gasteiger partial charge is 0.333 e. The molecule has 0 fully saturated rings. The molecule has 0 saturated heterocycles. The number of aromatic nitrogens is 1. The topological polar surface area (TPSA) is 86.3 Å². The number of esters is 1. The minimum atomic E-state index is -0.367. The molecule has 1 heterocycles. The van der Waals surface area contributed by atoms with Crippen LogP contribution in [0.25, 0.3) is 16.7 Å². The van der Waals surface area contributed by atoms with Crippen molar-refractivity contribution in [3.05, 3.63) is 89.8 Å². The van der Waals surface area contributed by atoms with Crippen molar-refractivity contribution in [2.24, 2.45) is 7.05 Å². The molecule has 0 aliphatic carbocycles. The summed E-state index contributed by atoms with van der Waals surface area (Å²) in [6, 6.07) is 16.9. The second-order valence-electron chi connectivity index (χ2n) is 7.44. The third kappa shape index (κ3) is 5.16. The molecular formula is C26H27N3O3. The fourth-order valence-corrected chi connectivity index (χ4v) is 3.35. The van der Waals surface area contributed by atoms with E-state index in [1.165, 1.54) is 7.11 Å². The number of hydrogen-bond acceptors (Lipinski definition) is 4. The van der Waals surface area contributed by atoms with Gasteiger partial charge in [-0.05, 0) is 67.0 Å². The lowest BCUT2D eigenvalue weighted by Gasteiger charge is -2.08. The van der Waals surface area contributed by atoms with Gasteiger partial charge in [0.25, 0.3) is 5.91 Å². The van der Waals surface area contributed by atoms with Gasteiger partial charge in [0.05, 0.1) is 7.11 Å². The van der Waals surface area contributed by atoms with Crippen LogP contribution in [0.1, 0.15) is 29.9 Å². The van der Waals surface area contributed by atoms with E-state index in [2.05, 4.69) is 5.32 Å². The van der Waals surface area contributed by atoms with E-state index < -0.39 is 0 Å². The molecule has 3 aromatic rings. The number of nitrogens with two attached hydrogens (primary N) is 1. The van der Waals surface area contributed by atoms with Gasteiger partial charge in [0.1, 0.15) is 5.69 Å². The molecule has 0 spiro atoms. The van der Waals surface area contributed by atoms with E-state index in [1.807, 2.05) is 80.8 Å². The summed E-state index contributed by atoms with van der Waals surface area (Å²) in [6.45, 7) is 3.61. The largest absolute Gasteiger partial charge is 0.466 e. The number of ether oxygens (including phenoxy) is 1. The van der Waals surface area contributed by atoms with E-state index in [9.17, 15) is 9.59 Å². The predicted octanol–water partition coefficient (Wildman–Crippen LogP) is 5.05. The summed E-state index contributed by atoms with van der Waals surface area (Å²) in [5.74, 6) is -0.566. The standard InChI is InChI=1S/C26H27N3O3/c1-5-18(14-17(2)26(31)32-4)19-8-12-23(13-9-19)28-25(30)24-15-21(16-29(24)3)20-6-10-22(27)11-7-20/h5-16H,27H2,1-4H3,(H,28,30)/b17-14+,18-5+. The van der Waals surface area contributed by atoms with Gasteiger partial charge in [-0.15, -0.1) is 0 Å². The van der Waals surface area contributed by atoms with Crippen molar-refractivity contribution in [2.75, 3.05) is 18.2 Å². The highest BCUT2D eigenvalue weighted by Crippen LogP contribution is 2.24. The van der Waals surface area contributed by atoms with E-state index in [1.54, 1.807) is 17.6 Å². The van der Waals surface area contributed by atoms with Crippen LogP contribution in [0.4, 0.5) is 11.4 Å². The molecule has 0 aliphatic heterocycles. The molecule has 3 N–H and O–H groups in total. The third-order valence-electron chi connectivity index (χ3n) is 5.15. The van der Waals surface area contributed by atoms with E-state index in [0.717, 1.165) is 22.3 Å². The first-order valence-electron chi connectivity index (χ1n) is 10.2. The Kier molecular flexibility index (Phi) is 6.95. The van der Waals surface area contributed by atoms with Crippen molar-refractivity contribution < 1.29 is 14.3 Å². The zero-order chi connectivity index (χ0) is 23.3. The molecule has 0 bridgehead atoms. The molecule has 2 aromatic carbocycles. The van der Waals surface area contributed by atoms with Crippen LogP contribution in [0.3, 0.4) is 0 Å². The number of carbonyl (C=O) groups excluding carboxylic acids is 2. The summed E-state index contributed by atoms with van der Waals surface area (Å²) < 4.78 is 6.55. The van der Waals surface area contributed by atoms with Gasteiger partial charge in [-0.25, -0.2) is 4.79 Å². The summed E-state index contributed by atoms with van der Waals surface area (Å²) in [7, 11) is 3.20. The number of aryl methyl sites for hydroxylation is 1. The van der Waals surface area contributed by atoms with E-state index in [-0.39, 0.29) is 11.9 Å². The van der Waals surface area contributed by atoms with Gasteiger partial charge in [0, 0.05) is 35.8 Å². The Hall–Kier alpha value is -4.06. The average Bonchev–Trinajstić information content (AvgIpc) is 3.19. The van der Waals surface area contributed by atoms with Crippen molar-refractivity contribution in [1.82, 2.24) is 4.57 Å². The van der Waals surface area contributed by atoms with Crippen LogP contribution in [0.2, 0.25) is 0 Å². The molecule has 0 unspecified atom stereocenters. The maximum absolute atomic E-state index is 12.8. The molecule has 0 radical (unpaired) electrons. The van der Waals surface area contributed by atoms with Crippen LogP contribution in [-0.4, -0.2) is 23.6 Å². The fraction of sp³-hybridized carbons (Fsp3) is 0.154. The summed E-state index contributed by atoms with van der Waals surface area (Å²) in [5, 5.41) is 2.94. The Morgan fingerprint density at radius 3 is 2.28 bits per heavy atom. The highest BCUT2D eigenvalue weighted by Gasteiger charge is 2.13. The number of carbonyl (C=O) groups is 2. The third-order valence-corrected chi connectivity index (χ3v) is 5.15. The Balaban J connectivity index is 1.75. The zero-order valence-electron chi connectivity index (χ0n) is 18.7. The summed E-state index contributed by atoms with van der Waals surface area (Å²) in [4.78, 5) is 24.5. The minimum absolute atomic E-state index is 0.199. The Bertz CT molecular complexity index is 1180. The summed E-state index contributed by atoms with van der Waals surface area (Å²) in [6.07, 6.45) is 5.61. The molecule has 3 rings (SSSR count). The predicted molar refractivity (Wildman–Crippen MR) is 129 cm³/mol. The van der Waals surface area contributed by atoms with Gasteiger partial charge in [-0.3, -0.25) is 4.79 Å². The van der Waals surface area contributed by atoms with Crippen LogP contribution >= 0.6 is 0 Å². The highest BCUT2D eigenvalue weighted by molar-refractivity contribution is 6.04. The molecule has 1 amide bonds. The molecule has 0 aliphatic rings. The Labute approximate surface area is 188 Å². The minimum Gasteiger partial charge on any atom is -0.466 e. The first-order valence-corrected chi connectivity index (χ1v) is 10.2. The van der Waals surface area contributed by atoms with Crippen LogP contribution in [0.5, 0.6) is 0 Å². The van der Waals surface area contributed by atoms with Gasteiger partial charge >= 0.3 is 5.97 Å². The lowest BCUT2D eigenvalue weighted by molar-refractivity contribution is -0.136. The molecular weight excluding hydrogens is 402 g/mol. The van der Waals surface area contributed by atoms with Crippen molar-refractivity contribution >= 4 is 28.8 Å². The van der Waals surface area contributed by atoms with E-state index >= 15 is 0 Å². The lowest BCUT2D eigenvalue weighted by atomic mass is 10.0. The quantitative estimate of drug-likeness (QED) is 0.248. The molecule has 1 aromatic heterocycles. The maximum atomic E-state index is 12.8. The molecule has 32 heavy (non-hydrogen) atoms. The number of nitrogens with one attached hydrogen (secondary N) is 1. The van der Waals surface area contributed by atoms with Crippen molar-refractivity contribution in [1.29, 1.82) is 0 Å². The number of methoxy groups -OCH3 is 1. The molecule has 0 saturated carbocycles. The van der Waals surface area contributed by atoms with Crippen molar-refractivity contribution in [2.45, 2.75) is 13.8 Å². The second kappa shape index (κ2) is 9.83. The number of anilines is 2. The number of benzene rings is 2. The Morgan fingerprint density at radius 2 is 1.69 bits per heavy atom. The normalized spacial score (nSPS) is 11.9. The summed E-state index contributed by atoms with van der Waals surface area (Å²) >= 11 is 0. The van der Waals surface area contributed by atoms with Crippen LogP contribution < -0.4 is 11.1 Å². The zero-order valence-corrected chi connectivity index (χ0v) is 18.7. The van der Waals surface area contributed by atoms with Crippen LogP contribution in [0.15, 0.2) is 78.5 Å². The van der Waals surface area contributed by atoms with Crippen molar-refractivity contribution in [3.63, 3.8) is 0 Å². The van der Waals surface area contributed by atoms with Gasteiger partial charge in [0.2, 0.25) is 0 Å². The molecule has 164 valence electrons. The molecule has 6 nitrogen and oxygen atoms in total. The number of hydrogen-bond donors (Lipinski definition) is 2.